The quantitative estimate of drug-likeness (QED) is 0.858. The average Bonchev–Trinajstić information content (AvgIpc) is 2.79. The maximum atomic E-state index is 4.37. The van der Waals surface area contributed by atoms with E-state index in [1.165, 1.54) is 24.0 Å². The van der Waals surface area contributed by atoms with E-state index in [2.05, 4.69) is 53.8 Å². The third-order valence-electron chi connectivity index (χ3n) is 3.23. The first-order chi connectivity index (χ1) is 8.70. The first-order valence-electron chi connectivity index (χ1n) is 6.56. The molecule has 2 rings (SSSR count). The van der Waals surface area contributed by atoms with E-state index in [1.54, 1.807) is 0 Å². The van der Waals surface area contributed by atoms with Crippen LogP contribution in [0.25, 0.3) is 0 Å². The van der Waals surface area contributed by atoms with E-state index in [0.29, 0.717) is 0 Å². The van der Waals surface area contributed by atoms with Crippen molar-refractivity contribution in [3.63, 3.8) is 0 Å². The van der Waals surface area contributed by atoms with Crippen molar-refractivity contribution in [2.24, 2.45) is 0 Å². The lowest BCUT2D eigenvalue weighted by molar-refractivity contribution is 0.638. The molecular weight excluding hydrogens is 222 g/mol. The van der Waals surface area contributed by atoms with Gasteiger partial charge < -0.3 is 9.88 Å². The van der Waals surface area contributed by atoms with Gasteiger partial charge in [0.1, 0.15) is 0 Å². The van der Waals surface area contributed by atoms with Gasteiger partial charge in [0.05, 0.1) is 0 Å². The highest BCUT2D eigenvalue weighted by atomic mass is 15.2. The number of unbranched alkanes of at least 4 members (excludes halogenated alkanes) is 1. The van der Waals surface area contributed by atoms with Gasteiger partial charge in [-0.25, -0.2) is 4.98 Å². The minimum absolute atomic E-state index is 0.923. The zero-order valence-corrected chi connectivity index (χ0v) is 11.4. The Labute approximate surface area is 109 Å². The standard InChI is InChI=1S/C15H21N3/c1-4-5-9-18-10-8-16-15(18)17-14-7-6-12(2)13(3)11-14/h6-8,10-11H,4-5,9H2,1-3H3,(H,16,17). The van der Waals surface area contributed by atoms with E-state index >= 15 is 0 Å². The van der Waals surface area contributed by atoms with Crippen LogP contribution in [0.2, 0.25) is 0 Å². The molecule has 96 valence electrons. The smallest absolute Gasteiger partial charge is 0.207 e. The molecule has 2 aromatic rings. The topological polar surface area (TPSA) is 29.9 Å². The van der Waals surface area contributed by atoms with E-state index in [0.717, 1.165) is 18.2 Å². The minimum Gasteiger partial charge on any atom is -0.326 e. The summed E-state index contributed by atoms with van der Waals surface area (Å²) in [5, 5.41) is 3.38. The number of aryl methyl sites for hydroxylation is 3. The molecular formula is C15H21N3. The van der Waals surface area contributed by atoms with E-state index in [9.17, 15) is 0 Å². The Morgan fingerprint density at radius 1 is 1.22 bits per heavy atom. The fourth-order valence-corrected chi connectivity index (χ4v) is 1.89. The summed E-state index contributed by atoms with van der Waals surface area (Å²) in [5.74, 6) is 0.923. The van der Waals surface area contributed by atoms with Crippen LogP contribution < -0.4 is 5.32 Å². The Morgan fingerprint density at radius 2 is 2.06 bits per heavy atom. The maximum Gasteiger partial charge on any atom is 0.207 e. The second kappa shape index (κ2) is 5.71. The summed E-state index contributed by atoms with van der Waals surface area (Å²) in [6, 6.07) is 6.40. The van der Waals surface area contributed by atoms with Gasteiger partial charge in [0.25, 0.3) is 0 Å². The molecule has 0 fully saturated rings. The van der Waals surface area contributed by atoms with Crippen LogP contribution in [0.4, 0.5) is 11.6 Å². The first kappa shape index (κ1) is 12.7. The number of nitrogens with one attached hydrogen (secondary N) is 1. The van der Waals surface area contributed by atoms with Crippen LogP contribution in [-0.2, 0) is 6.54 Å². The van der Waals surface area contributed by atoms with E-state index in [1.807, 2.05) is 12.4 Å². The van der Waals surface area contributed by atoms with Crippen molar-refractivity contribution in [1.29, 1.82) is 0 Å². The zero-order chi connectivity index (χ0) is 13.0. The van der Waals surface area contributed by atoms with Crippen molar-refractivity contribution < 1.29 is 0 Å². The van der Waals surface area contributed by atoms with E-state index < -0.39 is 0 Å². The number of hydrogen-bond donors (Lipinski definition) is 1. The summed E-state index contributed by atoms with van der Waals surface area (Å²) in [6.45, 7) is 7.47. The van der Waals surface area contributed by atoms with Crippen molar-refractivity contribution in [2.75, 3.05) is 5.32 Å². The average molecular weight is 243 g/mol. The van der Waals surface area contributed by atoms with E-state index in [-0.39, 0.29) is 0 Å². The van der Waals surface area contributed by atoms with Crippen LogP contribution >= 0.6 is 0 Å². The van der Waals surface area contributed by atoms with Crippen molar-refractivity contribution >= 4 is 11.6 Å². The SMILES string of the molecule is CCCCn1ccnc1Nc1ccc(C)c(C)c1. The molecule has 18 heavy (non-hydrogen) atoms. The molecule has 1 aromatic heterocycles. The summed E-state index contributed by atoms with van der Waals surface area (Å²) in [4.78, 5) is 4.37. The van der Waals surface area contributed by atoms with Crippen LogP contribution in [0.5, 0.6) is 0 Å². The highest BCUT2D eigenvalue weighted by Gasteiger charge is 2.03. The zero-order valence-electron chi connectivity index (χ0n) is 11.4. The van der Waals surface area contributed by atoms with Gasteiger partial charge in [-0.05, 0) is 43.5 Å². The minimum atomic E-state index is 0.923. The van der Waals surface area contributed by atoms with Crippen molar-refractivity contribution in [3.05, 3.63) is 41.7 Å². The van der Waals surface area contributed by atoms with Gasteiger partial charge in [0.2, 0.25) is 5.95 Å². The third-order valence-corrected chi connectivity index (χ3v) is 3.23. The van der Waals surface area contributed by atoms with Crippen molar-refractivity contribution in [2.45, 2.75) is 40.2 Å². The lowest BCUT2D eigenvalue weighted by atomic mass is 10.1. The Morgan fingerprint density at radius 3 is 2.78 bits per heavy atom. The molecule has 0 saturated carbocycles. The summed E-state index contributed by atoms with van der Waals surface area (Å²) < 4.78 is 2.17. The molecule has 1 aromatic carbocycles. The highest BCUT2D eigenvalue weighted by Crippen LogP contribution is 2.18. The molecule has 0 bridgehead atoms. The number of aromatic nitrogens is 2. The number of nitrogens with zero attached hydrogens (tertiary/aromatic N) is 2. The molecule has 0 radical (unpaired) electrons. The van der Waals surface area contributed by atoms with Crippen LogP contribution in [-0.4, -0.2) is 9.55 Å². The van der Waals surface area contributed by atoms with Crippen molar-refractivity contribution in [1.82, 2.24) is 9.55 Å². The molecule has 0 aliphatic heterocycles. The molecule has 0 saturated heterocycles. The predicted molar refractivity (Wildman–Crippen MR) is 76.3 cm³/mol. The normalized spacial score (nSPS) is 10.6. The number of rotatable bonds is 5. The van der Waals surface area contributed by atoms with Crippen LogP contribution in [0.1, 0.15) is 30.9 Å². The van der Waals surface area contributed by atoms with Gasteiger partial charge in [-0.2, -0.15) is 0 Å². The number of benzene rings is 1. The molecule has 0 amide bonds. The summed E-state index contributed by atoms with van der Waals surface area (Å²) in [6.07, 6.45) is 6.25. The second-order valence-corrected chi connectivity index (χ2v) is 4.72. The van der Waals surface area contributed by atoms with Crippen LogP contribution in [0, 0.1) is 13.8 Å². The summed E-state index contributed by atoms with van der Waals surface area (Å²) in [7, 11) is 0. The molecule has 0 unspecified atom stereocenters. The van der Waals surface area contributed by atoms with Crippen LogP contribution in [0.3, 0.4) is 0 Å². The molecule has 3 heteroatoms. The maximum absolute atomic E-state index is 4.37. The van der Waals surface area contributed by atoms with E-state index in [4.69, 9.17) is 0 Å². The predicted octanol–water partition coefficient (Wildman–Crippen LogP) is 4.04. The Balaban J connectivity index is 2.13. The molecule has 0 aliphatic carbocycles. The van der Waals surface area contributed by atoms with Gasteiger partial charge in [-0.15, -0.1) is 0 Å². The van der Waals surface area contributed by atoms with Gasteiger partial charge in [-0.3, -0.25) is 0 Å². The molecule has 3 nitrogen and oxygen atoms in total. The monoisotopic (exact) mass is 243 g/mol. The fraction of sp³-hybridized carbons (Fsp3) is 0.400. The highest BCUT2D eigenvalue weighted by molar-refractivity contribution is 5.55. The summed E-state index contributed by atoms with van der Waals surface area (Å²) in [5.41, 5.74) is 3.71. The largest absolute Gasteiger partial charge is 0.326 e. The Hall–Kier alpha value is -1.77. The molecule has 0 atom stereocenters. The van der Waals surface area contributed by atoms with Crippen molar-refractivity contribution in [3.8, 4) is 0 Å². The van der Waals surface area contributed by atoms with Gasteiger partial charge in [0.15, 0.2) is 0 Å². The number of imidazole rings is 1. The molecule has 1 N–H and O–H groups in total. The third kappa shape index (κ3) is 2.92. The van der Waals surface area contributed by atoms with Gasteiger partial charge in [0, 0.05) is 24.6 Å². The fourth-order valence-electron chi connectivity index (χ4n) is 1.89. The second-order valence-electron chi connectivity index (χ2n) is 4.72. The lowest BCUT2D eigenvalue weighted by Crippen LogP contribution is -2.03. The lowest BCUT2D eigenvalue weighted by Gasteiger charge is -2.10. The number of hydrogen-bond acceptors (Lipinski definition) is 2. The van der Waals surface area contributed by atoms with Gasteiger partial charge in [-0.1, -0.05) is 19.4 Å². The molecule has 0 spiro atoms. The van der Waals surface area contributed by atoms with Crippen LogP contribution in [0.15, 0.2) is 30.6 Å². The first-order valence-corrected chi connectivity index (χ1v) is 6.56. The molecule has 0 aliphatic rings. The Bertz CT molecular complexity index is 514. The van der Waals surface area contributed by atoms with Gasteiger partial charge >= 0.3 is 0 Å². The Kier molecular flexibility index (Phi) is 4.03. The summed E-state index contributed by atoms with van der Waals surface area (Å²) >= 11 is 0. The molecule has 1 heterocycles. The number of anilines is 2.